The van der Waals surface area contributed by atoms with Crippen molar-refractivity contribution in [1.82, 2.24) is 14.8 Å². The van der Waals surface area contributed by atoms with E-state index in [0.29, 0.717) is 29.1 Å². The van der Waals surface area contributed by atoms with Crippen molar-refractivity contribution < 1.29 is 14.3 Å². The Hall–Kier alpha value is -3.00. The fraction of sp³-hybridized carbons (Fsp3) is 0.318. The Balaban J connectivity index is 1.26. The van der Waals surface area contributed by atoms with Crippen molar-refractivity contribution in [2.75, 3.05) is 23.8 Å². The Morgan fingerprint density at radius 3 is 2.83 bits per heavy atom. The molecule has 30 heavy (non-hydrogen) atoms. The second-order valence-electron chi connectivity index (χ2n) is 7.33. The van der Waals surface area contributed by atoms with Gasteiger partial charge in [0.2, 0.25) is 5.91 Å². The number of benzene rings is 2. The lowest BCUT2D eigenvalue weighted by atomic mass is 10.0. The van der Waals surface area contributed by atoms with Crippen molar-refractivity contribution >= 4 is 23.4 Å². The van der Waals surface area contributed by atoms with E-state index in [-0.39, 0.29) is 12.0 Å². The summed E-state index contributed by atoms with van der Waals surface area (Å²) in [6.07, 6.45) is 1.67. The molecule has 7 nitrogen and oxygen atoms in total. The number of carbonyl (C=O) groups is 1. The van der Waals surface area contributed by atoms with Gasteiger partial charge in [0.1, 0.15) is 6.61 Å². The third-order valence-corrected chi connectivity index (χ3v) is 6.41. The number of aryl methyl sites for hydroxylation is 1. The Morgan fingerprint density at radius 1 is 1.13 bits per heavy atom. The van der Waals surface area contributed by atoms with Crippen molar-refractivity contribution in [2.24, 2.45) is 7.05 Å². The van der Waals surface area contributed by atoms with Crippen LogP contribution in [0.15, 0.2) is 53.7 Å². The Labute approximate surface area is 179 Å². The molecule has 0 fully saturated rings. The summed E-state index contributed by atoms with van der Waals surface area (Å²) < 4.78 is 13.7. The van der Waals surface area contributed by atoms with Gasteiger partial charge in [-0.05, 0) is 36.6 Å². The summed E-state index contributed by atoms with van der Waals surface area (Å²) in [5.41, 5.74) is 2.26. The van der Waals surface area contributed by atoms with Crippen molar-refractivity contribution in [3.8, 4) is 11.5 Å². The predicted octanol–water partition coefficient (Wildman–Crippen LogP) is 3.40. The highest BCUT2D eigenvalue weighted by Gasteiger charge is 2.28. The number of carbonyl (C=O) groups excluding carboxylic acids is 1. The van der Waals surface area contributed by atoms with Gasteiger partial charge in [-0.15, -0.1) is 10.2 Å². The van der Waals surface area contributed by atoms with Crippen LogP contribution in [0.2, 0.25) is 0 Å². The Morgan fingerprint density at radius 2 is 1.93 bits per heavy atom. The number of nitrogens with zero attached hydrogens (tertiary/aromatic N) is 4. The molecule has 1 atom stereocenters. The number of amides is 1. The molecule has 1 unspecified atom stereocenters. The first-order valence-electron chi connectivity index (χ1n) is 9.99. The molecule has 5 rings (SSSR count). The lowest BCUT2D eigenvalue weighted by Gasteiger charge is -2.29. The highest BCUT2D eigenvalue weighted by molar-refractivity contribution is 7.99. The number of anilines is 1. The normalized spacial score (nSPS) is 17.5. The van der Waals surface area contributed by atoms with E-state index in [1.165, 1.54) is 17.3 Å². The average Bonchev–Trinajstić information content (AvgIpc) is 3.17. The van der Waals surface area contributed by atoms with Crippen LogP contribution in [0.4, 0.5) is 5.69 Å². The molecule has 2 aliphatic heterocycles. The lowest BCUT2D eigenvalue weighted by molar-refractivity contribution is -0.116. The summed E-state index contributed by atoms with van der Waals surface area (Å²) in [4.78, 5) is 14.8. The fourth-order valence-corrected chi connectivity index (χ4v) is 4.67. The van der Waals surface area contributed by atoms with E-state index in [4.69, 9.17) is 9.47 Å². The molecule has 0 aliphatic carbocycles. The van der Waals surface area contributed by atoms with Gasteiger partial charge in [-0.2, -0.15) is 0 Å². The third kappa shape index (κ3) is 3.52. The molecule has 1 aromatic heterocycles. The molecule has 2 aliphatic rings. The number of hydrogen-bond donors (Lipinski definition) is 0. The van der Waals surface area contributed by atoms with Crippen LogP contribution >= 0.6 is 11.8 Å². The van der Waals surface area contributed by atoms with Crippen molar-refractivity contribution in [3.63, 3.8) is 0 Å². The van der Waals surface area contributed by atoms with E-state index in [9.17, 15) is 4.79 Å². The third-order valence-electron chi connectivity index (χ3n) is 5.40. The van der Waals surface area contributed by atoms with Gasteiger partial charge < -0.3 is 18.9 Å². The highest BCUT2D eigenvalue weighted by Crippen LogP contribution is 2.36. The summed E-state index contributed by atoms with van der Waals surface area (Å²) in [6.45, 7) is 1.13. The summed E-state index contributed by atoms with van der Waals surface area (Å²) in [6, 6.07) is 15.7. The van der Waals surface area contributed by atoms with E-state index in [0.717, 1.165) is 30.8 Å². The van der Waals surface area contributed by atoms with Crippen LogP contribution in [-0.4, -0.2) is 39.6 Å². The van der Waals surface area contributed by atoms with E-state index in [1.807, 2.05) is 59.0 Å². The second-order valence-corrected chi connectivity index (χ2v) is 8.27. The molecule has 3 aromatic rings. The standard InChI is InChI=1S/C22H22N4O3S/c1-25-21(19-13-28-17-10-4-5-11-18(17)29-19)23-24-22(25)30-14-20(27)26-12-6-8-15-7-2-3-9-16(15)26/h2-5,7,9-11,19H,6,8,12-14H2,1H3. The molecule has 154 valence electrons. The van der Waals surface area contributed by atoms with Crippen LogP contribution in [0.25, 0.3) is 0 Å². The van der Waals surface area contributed by atoms with Gasteiger partial charge in [0.25, 0.3) is 0 Å². The minimum atomic E-state index is -0.337. The maximum Gasteiger partial charge on any atom is 0.237 e. The topological polar surface area (TPSA) is 69.5 Å². The predicted molar refractivity (Wildman–Crippen MR) is 114 cm³/mol. The van der Waals surface area contributed by atoms with Gasteiger partial charge >= 0.3 is 0 Å². The highest BCUT2D eigenvalue weighted by atomic mass is 32.2. The van der Waals surface area contributed by atoms with Gasteiger partial charge in [0.05, 0.1) is 5.75 Å². The zero-order valence-electron chi connectivity index (χ0n) is 16.7. The zero-order chi connectivity index (χ0) is 20.5. The summed E-state index contributed by atoms with van der Waals surface area (Å²) >= 11 is 1.40. The quantitative estimate of drug-likeness (QED) is 0.601. The lowest BCUT2D eigenvalue weighted by Crippen LogP contribution is -2.36. The van der Waals surface area contributed by atoms with E-state index < -0.39 is 0 Å². The van der Waals surface area contributed by atoms with Crippen LogP contribution in [-0.2, 0) is 18.3 Å². The maximum atomic E-state index is 12.9. The molecule has 0 saturated carbocycles. The molecule has 3 heterocycles. The number of thioether (sulfide) groups is 1. The van der Waals surface area contributed by atoms with Crippen LogP contribution in [0.1, 0.15) is 23.9 Å². The summed E-state index contributed by atoms with van der Waals surface area (Å²) in [5.74, 6) is 2.51. The molecule has 0 spiro atoms. The smallest absolute Gasteiger partial charge is 0.237 e. The van der Waals surface area contributed by atoms with E-state index >= 15 is 0 Å². The van der Waals surface area contributed by atoms with Gasteiger partial charge in [-0.25, -0.2) is 0 Å². The van der Waals surface area contributed by atoms with Crippen LogP contribution in [0.5, 0.6) is 11.5 Å². The molecule has 2 aromatic carbocycles. The fourth-order valence-electron chi connectivity index (χ4n) is 3.88. The first-order chi connectivity index (χ1) is 14.7. The van der Waals surface area contributed by atoms with E-state index in [1.54, 1.807) is 0 Å². The van der Waals surface area contributed by atoms with Gasteiger partial charge in [0, 0.05) is 19.3 Å². The number of rotatable bonds is 4. The number of para-hydroxylation sites is 3. The Bertz CT molecular complexity index is 1080. The average molecular weight is 423 g/mol. The Kier molecular flexibility index (Phi) is 5.08. The second kappa shape index (κ2) is 8.02. The molecular weight excluding hydrogens is 400 g/mol. The minimum Gasteiger partial charge on any atom is -0.485 e. The molecule has 0 saturated heterocycles. The summed E-state index contributed by atoms with van der Waals surface area (Å²) in [5, 5.41) is 9.27. The zero-order valence-corrected chi connectivity index (χ0v) is 17.5. The number of fused-ring (bicyclic) bond motifs is 2. The van der Waals surface area contributed by atoms with Crippen molar-refractivity contribution in [3.05, 3.63) is 59.9 Å². The molecule has 0 N–H and O–H groups in total. The molecule has 8 heteroatoms. The summed E-state index contributed by atoms with van der Waals surface area (Å²) in [7, 11) is 1.89. The largest absolute Gasteiger partial charge is 0.485 e. The monoisotopic (exact) mass is 422 g/mol. The first-order valence-corrected chi connectivity index (χ1v) is 11.0. The number of aromatic nitrogens is 3. The molecule has 1 amide bonds. The van der Waals surface area contributed by atoms with Crippen molar-refractivity contribution in [2.45, 2.75) is 24.1 Å². The number of ether oxygens (including phenoxy) is 2. The van der Waals surface area contributed by atoms with Gasteiger partial charge in [0.15, 0.2) is 28.6 Å². The van der Waals surface area contributed by atoms with Crippen LogP contribution in [0.3, 0.4) is 0 Å². The van der Waals surface area contributed by atoms with Crippen LogP contribution < -0.4 is 14.4 Å². The molecule has 0 bridgehead atoms. The van der Waals surface area contributed by atoms with Gasteiger partial charge in [-0.3, -0.25) is 4.79 Å². The van der Waals surface area contributed by atoms with E-state index in [2.05, 4.69) is 16.3 Å². The number of hydrogen-bond acceptors (Lipinski definition) is 6. The maximum absolute atomic E-state index is 12.9. The SMILES string of the molecule is Cn1c(SCC(=O)N2CCCc3ccccc32)nnc1C1COc2ccccc2O1. The molecule has 0 radical (unpaired) electrons. The van der Waals surface area contributed by atoms with Crippen LogP contribution in [0, 0.1) is 0 Å². The first kappa shape index (κ1) is 19.0. The van der Waals surface area contributed by atoms with Gasteiger partial charge in [-0.1, -0.05) is 42.1 Å². The molecular formula is C22H22N4O3S. The minimum absolute atomic E-state index is 0.0860. The van der Waals surface area contributed by atoms with Crippen molar-refractivity contribution in [1.29, 1.82) is 0 Å².